The lowest BCUT2D eigenvalue weighted by Gasteiger charge is -2.25. The van der Waals surface area contributed by atoms with E-state index in [1.807, 2.05) is 27.8 Å². The SMILES string of the molecule is CCNC(=NCCC(=O)N(C)C)N(C)CC(=O)N(CC)CC. The molecule has 0 aliphatic heterocycles. The first-order valence-electron chi connectivity index (χ1n) is 7.84. The molecule has 0 bridgehead atoms. The molecule has 128 valence electrons. The van der Waals surface area contributed by atoms with E-state index in [4.69, 9.17) is 0 Å². The van der Waals surface area contributed by atoms with Crippen LogP contribution in [0.4, 0.5) is 0 Å². The fourth-order valence-electron chi connectivity index (χ4n) is 1.90. The van der Waals surface area contributed by atoms with Gasteiger partial charge in [0.05, 0.1) is 13.1 Å². The molecule has 0 aromatic rings. The second-order valence-electron chi connectivity index (χ2n) is 5.20. The first kappa shape index (κ1) is 20.2. The molecule has 0 aromatic carbocycles. The van der Waals surface area contributed by atoms with E-state index in [1.165, 1.54) is 0 Å². The van der Waals surface area contributed by atoms with E-state index in [1.54, 1.807) is 28.8 Å². The zero-order chi connectivity index (χ0) is 17.1. The van der Waals surface area contributed by atoms with Gasteiger partial charge in [-0.1, -0.05) is 0 Å². The van der Waals surface area contributed by atoms with Crippen LogP contribution in [0.1, 0.15) is 27.2 Å². The second-order valence-corrected chi connectivity index (χ2v) is 5.20. The van der Waals surface area contributed by atoms with E-state index < -0.39 is 0 Å². The Morgan fingerprint density at radius 1 is 1.00 bits per heavy atom. The number of rotatable bonds is 8. The molecule has 0 spiro atoms. The molecule has 0 saturated heterocycles. The van der Waals surface area contributed by atoms with Gasteiger partial charge in [-0.2, -0.15) is 0 Å². The van der Waals surface area contributed by atoms with Gasteiger partial charge in [-0.05, 0) is 20.8 Å². The lowest BCUT2D eigenvalue weighted by Crippen LogP contribution is -2.45. The standard InChI is InChI=1S/C15H31N5O2/c1-7-16-15(17-11-10-13(21)18(4)5)19(6)12-14(22)20(8-2)9-3/h7-12H2,1-6H3,(H,16,17). The minimum atomic E-state index is 0.0430. The van der Waals surface area contributed by atoms with Crippen LogP contribution in [-0.4, -0.2) is 86.3 Å². The number of guanidine groups is 1. The van der Waals surface area contributed by atoms with Gasteiger partial charge in [0.25, 0.3) is 0 Å². The predicted molar refractivity (Wildman–Crippen MR) is 89.8 cm³/mol. The van der Waals surface area contributed by atoms with Crippen LogP contribution >= 0.6 is 0 Å². The summed E-state index contributed by atoms with van der Waals surface area (Å²) in [5, 5.41) is 3.15. The van der Waals surface area contributed by atoms with Crippen molar-refractivity contribution in [2.45, 2.75) is 27.2 Å². The molecule has 0 unspecified atom stereocenters. The normalized spacial score (nSPS) is 11.1. The summed E-state index contributed by atoms with van der Waals surface area (Å²) in [6.45, 7) is 8.70. The Kier molecular flexibility index (Phi) is 9.98. The maximum absolute atomic E-state index is 12.1. The molecule has 0 aliphatic rings. The summed E-state index contributed by atoms with van der Waals surface area (Å²) in [6.07, 6.45) is 0.361. The number of carbonyl (C=O) groups is 2. The van der Waals surface area contributed by atoms with Gasteiger partial charge in [-0.25, -0.2) is 0 Å². The summed E-state index contributed by atoms with van der Waals surface area (Å²) in [5.41, 5.74) is 0. The molecule has 7 nitrogen and oxygen atoms in total. The Bertz CT molecular complexity index is 378. The zero-order valence-electron chi connectivity index (χ0n) is 14.8. The summed E-state index contributed by atoms with van der Waals surface area (Å²) in [6, 6.07) is 0. The zero-order valence-corrected chi connectivity index (χ0v) is 14.8. The lowest BCUT2D eigenvalue weighted by atomic mass is 10.4. The van der Waals surface area contributed by atoms with Gasteiger partial charge in [0.1, 0.15) is 0 Å². The van der Waals surface area contributed by atoms with Crippen LogP contribution in [-0.2, 0) is 9.59 Å². The molecule has 0 heterocycles. The third-order valence-electron chi connectivity index (χ3n) is 3.27. The van der Waals surface area contributed by atoms with E-state index in [0.717, 1.165) is 0 Å². The van der Waals surface area contributed by atoms with Crippen molar-refractivity contribution in [2.75, 3.05) is 53.9 Å². The molecule has 0 aliphatic carbocycles. The molecule has 0 aromatic heterocycles. The minimum absolute atomic E-state index is 0.0430. The number of likely N-dealkylation sites (N-methyl/N-ethyl adjacent to an activating group) is 2. The topological polar surface area (TPSA) is 68.2 Å². The molecule has 0 atom stereocenters. The minimum Gasteiger partial charge on any atom is -0.357 e. The van der Waals surface area contributed by atoms with Gasteiger partial charge >= 0.3 is 0 Å². The van der Waals surface area contributed by atoms with Crippen LogP contribution in [0.15, 0.2) is 4.99 Å². The predicted octanol–water partition coefficient (Wildman–Crippen LogP) is 0.230. The van der Waals surface area contributed by atoms with Crippen molar-refractivity contribution in [3.8, 4) is 0 Å². The van der Waals surface area contributed by atoms with E-state index in [0.29, 0.717) is 38.6 Å². The summed E-state index contributed by atoms with van der Waals surface area (Å²) in [7, 11) is 5.29. The number of amides is 2. The molecular formula is C15H31N5O2. The summed E-state index contributed by atoms with van der Waals surface area (Å²) in [5.74, 6) is 0.763. The van der Waals surface area contributed by atoms with Crippen molar-refractivity contribution < 1.29 is 9.59 Å². The van der Waals surface area contributed by atoms with Gasteiger partial charge in [-0.3, -0.25) is 14.6 Å². The monoisotopic (exact) mass is 313 g/mol. The third-order valence-corrected chi connectivity index (χ3v) is 3.27. The number of nitrogens with one attached hydrogen (secondary N) is 1. The number of hydrogen-bond acceptors (Lipinski definition) is 3. The molecule has 7 heteroatoms. The van der Waals surface area contributed by atoms with Gasteiger partial charge in [0.15, 0.2) is 5.96 Å². The Hall–Kier alpha value is -1.79. The van der Waals surface area contributed by atoms with E-state index in [2.05, 4.69) is 10.3 Å². The number of hydrogen-bond donors (Lipinski definition) is 1. The van der Waals surface area contributed by atoms with Crippen LogP contribution in [0, 0.1) is 0 Å². The van der Waals surface area contributed by atoms with E-state index >= 15 is 0 Å². The molecule has 0 saturated carbocycles. The third kappa shape index (κ3) is 7.28. The fraction of sp³-hybridized carbons (Fsp3) is 0.800. The van der Waals surface area contributed by atoms with Gasteiger partial charge in [-0.15, -0.1) is 0 Å². The smallest absolute Gasteiger partial charge is 0.242 e. The summed E-state index contributed by atoms with van der Waals surface area (Å²) >= 11 is 0. The molecule has 0 radical (unpaired) electrons. The quantitative estimate of drug-likeness (QED) is 0.514. The van der Waals surface area contributed by atoms with Crippen molar-refractivity contribution in [1.29, 1.82) is 0 Å². The summed E-state index contributed by atoms with van der Waals surface area (Å²) in [4.78, 5) is 33.2. The van der Waals surface area contributed by atoms with Crippen molar-refractivity contribution in [3.63, 3.8) is 0 Å². The molecular weight excluding hydrogens is 282 g/mol. The van der Waals surface area contributed by atoms with E-state index in [-0.39, 0.29) is 18.4 Å². The highest BCUT2D eigenvalue weighted by atomic mass is 16.2. The van der Waals surface area contributed by atoms with Crippen LogP contribution in [0.25, 0.3) is 0 Å². The van der Waals surface area contributed by atoms with Crippen molar-refractivity contribution >= 4 is 17.8 Å². The number of nitrogens with zero attached hydrogens (tertiary/aromatic N) is 4. The average molecular weight is 313 g/mol. The molecule has 1 N–H and O–H groups in total. The number of aliphatic imine (C=N–C) groups is 1. The lowest BCUT2D eigenvalue weighted by molar-refractivity contribution is -0.131. The molecule has 22 heavy (non-hydrogen) atoms. The van der Waals surface area contributed by atoms with Crippen LogP contribution < -0.4 is 5.32 Å². The van der Waals surface area contributed by atoms with Gasteiger partial charge in [0.2, 0.25) is 11.8 Å². The van der Waals surface area contributed by atoms with Crippen molar-refractivity contribution in [2.24, 2.45) is 4.99 Å². The Labute approximate surface area is 134 Å². The maximum atomic E-state index is 12.1. The van der Waals surface area contributed by atoms with Crippen LogP contribution in [0.2, 0.25) is 0 Å². The average Bonchev–Trinajstić information content (AvgIpc) is 2.47. The molecule has 0 rings (SSSR count). The molecule has 0 fully saturated rings. The Balaban J connectivity index is 4.64. The fourth-order valence-corrected chi connectivity index (χ4v) is 1.90. The first-order chi connectivity index (χ1) is 10.4. The highest BCUT2D eigenvalue weighted by molar-refractivity contribution is 5.86. The van der Waals surface area contributed by atoms with Gasteiger partial charge in [0, 0.05) is 47.2 Å². The second kappa shape index (κ2) is 10.9. The van der Waals surface area contributed by atoms with E-state index in [9.17, 15) is 9.59 Å². The maximum Gasteiger partial charge on any atom is 0.242 e. The number of carbonyl (C=O) groups excluding carboxylic acids is 2. The highest BCUT2D eigenvalue weighted by Gasteiger charge is 2.15. The molecule has 2 amide bonds. The van der Waals surface area contributed by atoms with Gasteiger partial charge < -0.3 is 20.0 Å². The summed E-state index contributed by atoms with van der Waals surface area (Å²) < 4.78 is 0. The largest absolute Gasteiger partial charge is 0.357 e. The first-order valence-corrected chi connectivity index (χ1v) is 7.84. The van der Waals surface area contributed by atoms with Crippen LogP contribution in [0.3, 0.4) is 0 Å². The Morgan fingerprint density at radius 2 is 1.59 bits per heavy atom. The van der Waals surface area contributed by atoms with Crippen LogP contribution in [0.5, 0.6) is 0 Å². The Morgan fingerprint density at radius 3 is 2.05 bits per heavy atom. The highest BCUT2D eigenvalue weighted by Crippen LogP contribution is 1.95. The van der Waals surface area contributed by atoms with Crippen molar-refractivity contribution in [3.05, 3.63) is 0 Å². The van der Waals surface area contributed by atoms with Crippen molar-refractivity contribution in [1.82, 2.24) is 20.0 Å².